The Labute approximate surface area is 173 Å². The van der Waals surface area contributed by atoms with Gasteiger partial charge in [-0.05, 0) is 52.8 Å². The maximum Gasteiger partial charge on any atom is 0.236 e. The Balaban J connectivity index is 1.53. The summed E-state index contributed by atoms with van der Waals surface area (Å²) in [7, 11) is 3.81. The third kappa shape index (κ3) is 4.81. The number of para-hydroxylation sites is 1. The summed E-state index contributed by atoms with van der Waals surface area (Å²) in [6.07, 6.45) is 1.48. The van der Waals surface area contributed by atoms with Gasteiger partial charge >= 0.3 is 0 Å². The van der Waals surface area contributed by atoms with E-state index in [4.69, 9.17) is 4.42 Å². The molecule has 1 aromatic heterocycles. The van der Waals surface area contributed by atoms with Crippen LogP contribution in [0.5, 0.6) is 0 Å². The van der Waals surface area contributed by atoms with Gasteiger partial charge < -0.3 is 14.2 Å². The molecule has 1 unspecified atom stereocenters. The van der Waals surface area contributed by atoms with Crippen molar-refractivity contribution in [1.29, 1.82) is 0 Å². The van der Waals surface area contributed by atoms with E-state index in [0.717, 1.165) is 29.6 Å². The lowest BCUT2D eigenvalue weighted by molar-refractivity contribution is -0.141. The predicted molar refractivity (Wildman–Crippen MR) is 114 cm³/mol. The molecule has 1 aromatic carbocycles. The highest BCUT2D eigenvalue weighted by Crippen LogP contribution is 2.27. The summed E-state index contributed by atoms with van der Waals surface area (Å²) in [5.41, 5.74) is 0.868. The second kappa shape index (κ2) is 8.99. The predicted octanol–water partition coefficient (Wildman–Crippen LogP) is 3.53. The number of benzene rings is 1. The summed E-state index contributed by atoms with van der Waals surface area (Å²) in [4.78, 5) is 31.0. The number of piperidine rings is 1. The van der Waals surface area contributed by atoms with E-state index >= 15 is 0 Å². The summed E-state index contributed by atoms with van der Waals surface area (Å²) in [6, 6.07) is 10.2. The highest BCUT2D eigenvalue weighted by atomic mass is 16.3. The molecular weight excluding hydrogens is 366 g/mol. The van der Waals surface area contributed by atoms with E-state index in [2.05, 4.69) is 6.92 Å². The average molecular weight is 400 g/mol. The number of carbonyl (C=O) groups is 2. The number of hydrogen-bond donors (Lipinski definition) is 0. The maximum atomic E-state index is 12.8. The molecule has 1 aliphatic rings. The van der Waals surface area contributed by atoms with Crippen molar-refractivity contribution in [3.05, 3.63) is 36.1 Å². The van der Waals surface area contributed by atoms with Gasteiger partial charge in [0.2, 0.25) is 11.8 Å². The van der Waals surface area contributed by atoms with Crippen LogP contribution in [-0.4, -0.2) is 66.3 Å². The van der Waals surface area contributed by atoms with E-state index in [1.165, 1.54) is 0 Å². The summed E-state index contributed by atoms with van der Waals surface area (Å²) in [6.45, 7) is 7.73. The van der Waals surface area contributed by atoms with Gasteiger partial charge in [-0.15, -0.1) is 0 Å². The molecule has 1 saturated heterocycles. The zero-order valence-electron chi connectivity index (χ0n) is 18.2. The normalized spacial score (nSPS) is 16.6. The van der Waals surface area contributed by atoms with Crippen molar-refractivity contribution >= 4 is 22.8 Å². The number of likely N-dealkylation sites (N-methyl/N-ethyl adjacent to an activating group) is 1. The highest BCUT2D eigenvalue weighted by molar-refractivity contribution is 5.81. The Kier molecular flexibility index (Phi) is 6.63. The second-order valence-corrected chi connectivity index (χ2v) is 8.48. The first-order valence-electron chi connectivity index (χ1n) is 10.5. The molecule has 3 rings (SSSR count). The van der Waals surface area contributed by atoms with Gasteiger partial charge in [-0.25, -0.2) is 0 Å². The minimum atomic E-state index is 0.00478. The highest BCUT2D eigenvalue weighted by Gasteiger charge is 2.30. The fourth-order valence-corrected chi connectivity index (χ4v) is 3.79. The average Bonchev–Trinajstić information content (AvgIpc) is 3.16. The molecule has 1 fully saturated rings. The number of furan rings is 1. The number of amides is 2. The first-order valence-corrected chi connectivity index (χ1v) is 10.5. The molecule has 2 heterocycles. The van der Waals surface area contributed by atoms with Crippen LogP contribution in [0.2, 0.25) is 0 Å². The molecule has 0 N–H and O–H groups in total. The molecule has 0 saturated carbocycles. The van der Waals surface area contributed by atoms with Crippen LogP contribution >= 0.6 is 0 Å². The van der Waals surface area contributed by atoms with Gasteiger partial charge in [0.15, 0.2) is 0 Å². The van der Waals surface area contributed by atoms with E-state index in [9.17, 15) is 9.59 Å². The lowest BCUT2D eigenvalue weighted by Crippen LogP contribution is -2.47. The fourth-order valence-electron chi connectivity index (χ4n) is 3.79. The molecule has 6 heteroatoms. The third-order valence-electron chi connectivity index (χ3n) is 6.22. The lowest BCUT2D eigenvalue weighted by atomic mass is 9.95. The topological polar surface area (TPSA) is 57.0 Å². The van der Waals surface area contributed by atoms with Gasteiger partial charge in [0.05, 0.1) is 12.6 Å². The largest absolute Gasteiger partial charge is 0.459 e. The van der Waals surface area contributed by atoms with Crippen LogP contribution in [0, 0.1) is 5.92 Å². The van der Waals surface area contributed by atoms with Gasteiger partial charge in [-0.1, -0.05) is 18.2 Å². The van der Waals surface area contributed by atoms with E-state index in [-0.39, 0.29) is 29.8 Å². The van der Waals surface area contributed by atoms with Gasteiger partial charge in [-0.3, -0.25) is 14.5 Å². The molecule has 1 aliphatic heterocycles. The molecule has 6 nitrogen and oxygen atoms in total. The van der Waals surface area contributed by atoms with Gasteiger partial charge in [-0.2, -0.15) is 0 Å². The third-order valence-corrected chi connectivity index (χ3v) is 6.22. The molecule has 158 valence electrons. The molecular formula is C23H33N3O3. The van der Waals surface area contributed by atoms with Crippen LogP contribution in [-0.2, 0) is 9.59 Å². The molecule has 29 heavy (non-hydrogen) atoms. The smallest absolute Gasteiger partial charge is 0.236 e. The summed E-state index contributed by atoms with van der Waals surface area (Å²) >= 11 is 0. The van der Waals surface area contributed by atoms with Crippen molar-refractivity contribution < 1.29 is 14.0 Å². The Hall–Kier alpha value is -2.34. The number of rotatable bonds is 6. The number of carbonyl (C=O) groups excluding carboxylic acids is 2. The fraction of sp³-hybridized carbons (Fsp3) is 0.565. The monoisotopic (exact) mass is 399 g/mol. The number of nitrogens with zero attached hydrogens (tertiary/aromatic N) is 3. The van der Waals surface area contributed by atoms with Crippen molar-refractivity contribution in [1.82, 2.24) is 14.7 Å². The number of likely N-dealkylation sites (tertiary alicyclic amines) is 1. The van der Waals surface area contributed by atoms with E-state index < -0.39 is 0 Å². The number of fused-ring (bicyclic) bond motifs is 1. The first-order chi connectivity index (χ1) is 13.8. The molecule has 2 aromatic rings. The summed E-state index contributed by atoms with van der Waals surface area (Å²) < 4.78 is 5.95. The van der Waals surface area contributed by atoms with Crippen LogP contribution in [0.4, 0.5) is 0 Å². The Morgan fingerprint density at radius 2 is 1.79 bits per heavy atom. The van der Waals surface area contributed by atoms with Crippen molar-refractivity contribution in [2.24, 2.45) is 5.92 Å². The molecule has 0 radical (unpaired) electrons. The zero-order chi connectivity index (χ0) is 21.1. The quantitative estimate of drug-likeness (QED) is 0.746. The van der Waals surface area contributed by atoms with Gasteiger partial charge in [0.1, 0.15) is 11.3 Å². The van der Waals surface area contributed by atoms with Crippen LogP contribution in [0.1, 0.15) is 45.4 Å². The van der Waals surface area contributed by atoms with E-state index in [1.54, 1.807) is 0 Å². The minimum absolute atomic E-state index is 0.00478. The molecule has 0 aliphatic carbocycles. The first kappa shape index (κ1) is 21.4. The standard InChI is InChI=1S/C23H33N3O3/c1-16(2)25(5)23(28)18-10-12-26(13-11-18)22(27)15-24(4)17(3)21-14-19-8-6-7-9-20(19)29-21/h6-9,14,16-18H,10-13,15H2,1-5H3. The van der Waals surface area contributed by atoms with Crippen LogP contribution < -0.4 is 0 Å². The molecule has 2 amide bonds. The van der Waals surface area contributed by atoms with Crippen molar-refractivity contribution in [2.45, 2.75) is 45.7 Å². The Morgan fingerprint density at radius 3 is 2.41 bits per heavy atom. The van der Waals surface area contributed by atoms with Crippen LogP contribution in [0.15, 0.2) is 34.7 Å². The SMILES string of the molecule is CC(c1cc2ccccc2o1)N(C)CC(=O)N1CCC(C(=O)N(C)C(C)C)CC1. The number of hydrogen-bond acceptors (Lipinski definition) is 4. The van der Waals surface area contributed by atoms with Crippen LogP contribution in [0.25, 0.3) is 11.0 Å². The summed E-state index contributed by atoms with van der Waals surface area (Å²) in [5, 5.41) is 1.08. The lowest BCUT2D eigenvalue weighted by Gasteiger charge is -2.35. The zero-order valence-corrected chi connectivity index (χ0v) is 18.2. The van der Waals surface area contributed by atoms with Crippen molar-refractivity contribution in [2.75, 3.05) is 33.7 Å². The minimum Gasteiger partial charge on any atom is -0.459 e. The van der Waals surface area contributed by atoms with E-state index in [1.807, 2.05) is 73.0 Å². The van der Waals surface area contributed by atoms with Crippen molar-refractivity contribution in [3.63, 3.8) is 0 Å². The van der Waals surface area contributed by atoms with Crippen LogP contribution in [0.3, 0.4) is 0 Å². The molecule has 0 bridgehead atoms. The van der Waals surface area contributed by atoms with E-state index in [0.29, 0.717) is 19.6 Å². The molecule has 1 atom stereocenters. The second-order valence-electron chi connectivity index (χ2n) is 8.48. The van der Waals surface area contributed by atoms with Gasteiger partial charge in [0.25, 0.3) is 0 Å². The maximum absolute atomic E-state index is 12.8. The summed E-state index contributed by atoms with van der Waals surface area (Å²) in [5.74, 6) is 1.20. The van der Waals surface area contributed by atoms with Crippen molar-refractivity contribution in [3.8, 4) is 0 Å². The molecule has 0 spiro atoms. The Bertz CT molecular complexity index is 819. The Morgan fingerprint density at radius 1 is 1.14 bits per heavy atom. The van der Waals surface area contributed by atoms with Gasteiger partial charge in [0, 0.05) is 37.5 Å².